The molecule has 0 aliphatic carbocycles. The van der Waals surface area contributed by atoms with Gasteiger partial charge < -0.3 is 24.3 Å². The minimum absolute atomic E-state index is 0.447. The Kier molecular flexibility index (Phi) is 7.88. The second kappa shape index (κ2) is 10.8. The topological polar surface area (TPSA) is 76.8 Å². The Morgan fingerprint density at radius 3 is 2.71 bits per heavy atom. The first-order chi connectivity index (χ1) is 15.0. The minimum atomic E-state index is 0.447. The van der Waals surface area contributed by atoms with Crippen LogP contribution in [0.15, 0.2) is 40.7 Å². The van der Waals surface area contributed by atoms with Crippen molar-refractivity contribution in [2.45, 2.75) is 26.4 Å². The summed E-state index contributed by atoms with van der Waals surface area (Å²) < 4.78 is 12.8. The smallest absolute Gasteiger partial charge is 0.194 e. The lowest BCUT2D eigenvalue weighted by atomic mass is 10.2. The molecule has 0 atom stereocenters. The number of hydrogen-bond donors (Lipinski definition) is 1. The molecule has 2 heterocycles. The molecule has 0 spiro atoms. The maximum Gasteiger partial charge on any atom is 0.194 e. The lowest BCUT2D eigenvalue weighted by molar-refractivity contribution is 0.382. The second-order valence-corrected chi connectivity index (χ2v) is 8.18. The molecule has 0 unspecified atom stereocenters. The van der Waals surface area contributed by atoms with E-state index in [1.807, 2.05) is 43.8 Å². The van der Waals surface area contributed by atoms with Crippen LogP contribution in [0.5, 0.6) is 11.5 Å². The molecule has 1 N–H and O–H groups in total. The molecule has 0 aliphatic rings. The minimum Gasteiger partial charge on any atom is -0.497 e. The lowest BCUT2D eigenvalue weighted by Crippen LogP contribution is -2.39. The molecular weight excluding hydrogens is 412 g/mol. The number of methoxy groups -OCH3 is 2. The zero-order chi connectivity index (χ0) is 22.2. The molecule has 3 rings (SSSR count). The van der Waals surface area contributed by atoms with Crippen molar-refractivity contribution in [3.63, 3.8) is 0 Å². The Morgan fingerprint density at radius 1 is 1.23 bits per heavy atom. The van der Waals surface area contributed by atoms with Crippen LogP contribution in [-0.4, -0.2) is 53.4 Å². The largest absolute Gasteiger partial charge is 0.497 e. The van der Waals surface area contributed by atoms with E-state index < -0.39 is 0 Å². The maximum absolute atomic E-state index is 5.56. The fourth-order valence-electron chi connectivity index (χ4n) is 3.11. The summed E-state index contributed by atoms with van der Waals surface area (Å²) in [6.45, 7) is 3.81. The number of aromatic nitrogens is 3. The molecular formula is C22H30N6O2S. The summed E-state index contributed by atoms with van der Waals surface area (Å²) >= 11 is 1.77. The van der Waals surface area contributed by atoms with E-state index >= 15 is 0 Å². The Morgan fingerprint density at radius 2 is 2.06 bits per heavy atom. The fourth-order valence-corrected chi connectivity index (χ4v) is 3.82. The van der Waals surface area contributed by atoms with Crippen LogP contribution in [0.4, 0.5) is 0 Å². The van der Waals surface area contributed by atoms with Crippen LogP contribution in [0.25, 0.3) is 0 Å². The number of nitrogens with zero attached hydrogens (tertiary/aromatic N) is 5. The van der Waals surface area contributed by atoms with Crippen LogP contribution in [0.3, 0.4) is 0 Å². The first-order valence-electron chi connectivity index (χ1n) is 10.1. The third-order valence-electron chi connectivity index (χ3n) is 5.05. The molecule has 0 bridgehead atoms. The predicted molar refractivity (Wildman–Crippen MR) is 124 cm³/mol. The summed E-state index contributed by atoms with van der Waals surface area (Å²) in [5, 5.41) is 13.9. The van der Waals surface area contributed by atoms with E-state index in [1.54, 1.807) is 25.6 Å². The van der Waals surface area contributed by atoms with Crippen LogP contribution in [0.2, 0.25) is 0 Å². The third kappa shape index (κ3) is 5.97. The molecule has 9 heteroatoms. The summed E-state index contributed by atoms with van der Waals surface area (Å²) in [5.41, 5.74) is 1.05. The van der Waals surface area contributed by atoms with Crippen LogP contribution >= 0.6 is 11.3 Å². The van der Waals surface area contributed by atoms with E-state index in [9.17, 15) is 0 Å². The molecule has 0 radical (unpaired) electrons. The Bertz CT molecular complexity index is 1000. The summed E-state index contributed by atoms with van der Waals surface area (Å²) in [6.07, 6.45) is 0.944. The normalized spacial score (nSPS) is 11.5. The Balaban J connectivity index is 1.75. The van der Waals surface area contributed by atoms with Crippen molar-refractivity contribution in [1.29, 1.82) is 0 Å². The highest BCUT2D eigenvalue weighted by atomic mass is 32.1. The molecule has 0 amide bonds. The number of hydrogen-bond acceptors (Lipinski definition) is 6. The van der Waals surface area contributed by atoms with Crippen molar-refractivity contribution < 1.29 is 9.47 Å². The molecule has 0 aliphatic heterocycles. The SMILES string of the molecule is COc1ccc(CN(C)C(=NCc2nnc(C)n2C)NCCc2cccs2)c(OC)c1. The molecule has 1 aromatic carbocycles. The van der Waals surface area contributed by atoms with Gasteiger partial charge in [-0.1, -0.05) is 6.07 Å². The number of benzene rings is 1. The number of aryl methyl sites for hydroxylation is 1. The molecule has 8 nitrogen and oxygen atoms in total. The third-order valence-corrected chi connectivity index (χ3v) is 5.99. The van der Waals surface area contributed by atoms with Crippen molar-refractivity contribution in [2.24, 2.45) is 12.0 Å². The summed E-state index contributed by atoms with van der Waals surface area (Å²) in [6, 6.07) is 10.1. The zero-order valence-corrected chi connectivity index (χ0v) is 19.6. The van der Waals surface area contributed by atoms with Gasteiger partial charge in [0.25, 0.3) is 0 Å². The standard InChI is InChI=1S/C22H30N6O2S/c1-16-25-26-21(28(16)3)14-24-22(23-11-10-19-7-6-12-31-19)27(2)15-17-8-9-18(29-4)13-20(17)30-5/h6-9,12-13H,10-11,14-15H2,1-5H3,(H,23,24). The van der Waals surface area contributed by atoms with Gasteiger partial charge in [0.1, 0.15) is 23.9 Å². The molecule has 31 heavy (non-hydrogen) atoms. The fraction of sp³-hybridized carbons (Fsp3) is 0.409. The summed E-state index contributed by atoms with van der Waals surface area (Å²) in [7, 11) is 7.29. The average Bonchev–Trinajstić information content (AvgIpc) is 3.41. The average molecular weight is 443 g/mol. The van der Waals surface area contributed by atoms with E-state index in [2.05, 4.69) is 37.9 Å². The van der Waals surface area contributed by atoms with Crippen molar-refractivity contribution in [1.82, 2.24) is 25.0 Å². The summed E-state index contributed by atoms with van der Waals surface area (Å²) in [4.78, 5) is 8.25. The molecule has 0 saturated heterocycles. The van der Waals surface area contributed by atoms with Gasteiger partial charge in [-0.2, -0.15) is 0 Å². The first kappa shape index (κ1) is 22.6. The molecule has 0 fully saturated rings. The van der Waals surface area contributed by atoms with Gasteiger partial charge in [0.2, 0.25) is 0 Å². The van der Waals surface area contributed by atoms with Crippen LogP contribution < -0.4 is 14.8 Å². The lowest BCUT2D eigenvalue weighted by Gasteiger charge is -2.23. The molecule has 166 valence electrons. The van der Waals surface area contributed by atoms with E-state index in [4.69, 9.17) is 14.5 Å². The first-order valence-corrected chi connectivity index (χ1v) is 11.0. The van der Waals surface area contributed by atoms with Gasteiger partial charge in [0.15, 0.2) is 11.8 Å². The highest BCUT2D eigenvalue weighted by molar-refractivity contribution is 7.09. The number of ether oxygens (including phenoxy) is 2. The Hall–Kier alpha value is -3.07. The predicted octanol–water partition coefficient (Wildman–Crippen LogP) is 3.02. The van der Waals surface area contributed by atoms with Gasteiger partial charge in [-0.3, -0.25) is 0 Å². The van der Waals surface area contributed by atoms with Crippen molar-refractivity contribution in [2.75, 3.05) is 27.8 Å². The van der Waals surface area contributed by atoms with E-state index in [-0.39, 0.29) is 0 Å². The van der Waals surface area contributed by atoms with Crippen LogP contribution in [0.1, 0.15) is 22.1 Å². The number of thiophene rings is 1. The number of rotatable bonds is 9. The van der Waals surface area contributed by atoms with Gasteiger partial charge in [0, 0.05) is 43.7 Å². The summed E-state index contributed by atoms with van der Waals surface area (Å²) in [5.74, 6) is 4.05. The van der Waals surface area contributed by atoms with E-state index in [0.29, 0.717) is 13.1 Å². The van der Waals surface area contributed by atoms with Gasteiger partial charge >= 0.3 is 0 Å². The van der Waals surface area contributed by atoms with E-state index in [1.165, 1.54) is 4.88 Å². The quantitative estimate of drug-likeness (QED) is 0.406. The highest BCUT2D eigenvalue weighted by Gasteiger charge is 2.13. The van der Waals surface area contributed by atoms with Gasteiger partial charge in [-0.05, 0) is 36.9 Å². The monoisotopic (exact) mass is 442 g/mol. The van der Waals surface area contributed by atoms with Crippen LogP contribution in [-0.2, 0) is 26.6 Å². The second-order valence-electron chi connectivity index (χ2n) is 7.15. The number of aliphatic imine (C=N–C) groups is 1. The van der Waals surface area contributed by atoms with Crippen LogP contribution in [0, 0.1) is 6.92 Å². The molecule has 0 saturated carbocycles. The van der Waals surface area contributed by atoms with E-state index in [0.717, 1.165) is 47.6 Å². The zero-order valence-electron chi connectivity index (χ0n) is 18.8. The number of guanidine groups is 1. The van der Waals surface area contributed by atoms with Crippen molar-refractivity contribution in [3.8, 4) is 11.5 Å². The number of nitrogens with one attached hydrogen (secondary N) is 1. The molecule has 2 aromatic heterocycles. The van der Waals surface area contributed by atoms with Gasteiger partial charge in [-0.25, -0.2) is 4.99 Å². The Labute approximate surface area is 187 Å². The van der Waals surface area contributed by atoms with Crippen molar-refractivity contribution in [3.05, 3.63) is 57.8 Å². The maximum atomic E-state index is 5.56. The van der Waals surface area contributed by atoms with Gasteiger partial charge in [0.05, 0.1) is 14.2 Å². The highest BCUT2D eigenvalue weighted by Crippen LogP contribution is 2.25. The van der Waals surface area contributed by atoms with Crippen molar-refractivity contribution >= 4 is 17.3 Å². The van der Waals surface area contributed by atoms with Gasteiger partial charge in [-0.15, -0.1) is 21.5 Å². The molecule has 3 aromatic rings.